The van der Waals surface area contributed by atoms with Crippen LogP contribution in [0.2, 0.25) is 0 Å². The van der Waals surface area contributed by atoms with Crippen LogP contribution in [0.5, 0.6) is 5.75 Å². The van der Waals surface area contributed by atoms with E-state index in [1.54, 1.807) is 0 Å². The van der Waals surface area contributed by atoms with E-state index in [2.05, 4.69) is 5.32 Å². The summed E-state index contributed by atoms with van der Waals surface area (Å²) in [5, 5.41) is 13.7. The summed E-state index contributed by atoms with van der Waals surface area (Å²) in [7, 11) is 1.86. The Bertz CT molecular complexity index is 512. The van der Waals surface area contributed by atoms with E-state index < -0.39 is 16.4 Å². The van der Waals surface area contributed by atoms with Crippen molar-refractivity contribution < 1.29 is 18.8 Å². The molecule has 21 heavy (non-hydrogen) atoms. The van der Waals surface area contributed by atoms with E-state index in [-0.39, 0.29) is 24.0 Å². The van der Waals surface area contributed by atoms with E-state index in [1.165, 1.54) is 6.07 Å². The molecule has 1 fully saturated rings. The summed E-state index contributed by atoms with van der Waals surface area (Å²) in [6, 6.07) is 3.78. The largest absolute Gasteiger partial charge is 0.487 e. The second kappa shape index (κ2) is 6.82. The van der Waals surface area contributed by atoms with Gasteiger partial charge in [-0.25, -0.2) is 0 Å². The van der Waals surface area contributed by atoms with Crippen molar-refractivity contribution in [3.05, 3.63) is 34.1 Å². The van der Waals surface area contributed by atoms with Gasteiger partial charge in [0.2, 0.25) is 5.82 Å². The van der Waals surface area contributed by atoms with Gasteiger partial charge >= 0.3 is 5.69 Å². The number of rotatable bonds is 7. The first-order valence-corrected chi connectivity index (χ1v) is 6.96. The molecule has 6 nitrogen and oxygen atoms in total. The highest BCUT2D eigenvalue weighted by atomic mass is 19.1. The molecule has 0 aromatic heterocycles. The molecule has 1 saturated carbocycles. The number of hydrogen-bond donors (Lipinski definition) is 1. The van der Waals surface area contributed by atoms with Gasteiger partial charge in [0, 0.05) is 31.2 Å². The Morgan fingerprint density at radius 1 is 1.52 bits per heavy atom. The minimum absolute atomic E-state index is 0.0896. The summed E-state index contributed by atoms with van der Waals surface area (Å²) in [4.78, 5) is 9.81. The molecular formula is C14H19FN2O4. The van der Waals surface area contributed by atoms with E-state index in [9.17, 15) is 14.5 Å². The number of ether oxygens (including phenoxy) is 2. The molecule has 116 valence electrons. The minimum atomic E-state index is -0.895. The molecule has 0 amide bonds. The van der Waals surface area contributed by atoms with Crippen molar-refractivity contribution in [3.63, 3.8) is 0 Å². The average Bonchev–Trinajstić information content (AvgIpc) is 2.43. The molecule has 2 rings (SSSR count). The van der Waals surface area contributed by atoms with Crippen LogP contribution in [-0.2, 0) is 4.74 Å². The fourth-order valence-electron chi connectivity index (χ4n) is 2.34. The smallest absolute Gasteiger partial charge is 0.305 e. The predicted molar refractivity (Wildman–Crippen MR) is 75.0 cm³/mol. The molecule has 0 radical (unpaired) electrons. The van der Waals surface area contributed by atoms with Gasteiger partial charge in [0.15, 0.2) is 0 Å². The van der Waals surface area contributed by atoms with Crippen molar-refractivity contribution in [1.29, 1.82) is 0 Å². The number of likely N-dealkylation sites (N-methyl/N-ethyl adjacent to an activating group) is 1. The Kier molecular flexibility index (Phi) is 5.08. The molecule has 1 aromatic carbocycles. The lowest BCUT2D eigenvalue weighted by atomic mass is 9.85. The first-order chi connectivity index (χ1) is 10.1. The molecule has 0 spiro atoms. The lowest BCUT2D eigenvalue weighted by Crippen LogP contribution is -2.60. The van der Waals surface area contributed by atoms with E-state index in [0.717, 1.165) is 25.0 Å². The van der Waals surface area contributed by atoms with Crippen molar-refractivity contribution in [2.45, 2.75) is 38.0 Å². The van der Waals surface area contributed by atoms with Crippen LogP contribution in [0.15, 0.2) is 18.2 Å². The molecule has 0 heterocycles. The molecule has 0 bridgehead atoms. The van der Waals surface area contributed by atoms with Crippen LogP contribution in [-0.4, -0.2) is 36.8 Å². The third-order valence-electron chi connectivity index (χ3n) is 3.54. The van der Waals surface area contributed by atoms with Crippen molar-refractivity contribution in [2.75, 3.05) is 13.7 Å². The second-order valence-electron chi connectivity index (χ2n) is 4.99. The molecule has 3 atom stereocenters. The van der Waals surface area contributed by atoms with E-state index >= 15 is 0 Å². The van der Waals surface area contributed by atoms with Crippen LogP contribution in [0, 0.1) is 15.9 Å². The molecule has 3 unspecified atom stereocenters. The number of nitro groups is 1. The predicted octanol–water partition coefficient (Wildman–Crippen LogP) is 2.27. The lowest BCUT2D eigenvalue weighted by Gasteiger charge is -2.43. The maximum absolute atomic E-state index is 13.6. The van der Waals surface area contributed by atoms with Crippen LogP contribution >= 0.6 is 0 Å². The van der Waals surface area contributed by atoms with Gasteiger partial charge in [-0.3, -0.25) is 10.1 Å². The number of halogens is 1. The normalized spacial score (nSPS) is 24.4. The molecular weight excluding hydrogens is 279 g/mol. The summed E-state index contributed by atoms with van der Waals surface area (Å²) in [5.41, 5.74) is -0.553. The molecule has 0 saturated heterocycles. The van der Waals surface area contributed by atoms with Gasteiger partial charge < -0.3 is 14.8 Å². The first-order valence-electron chi connectivity index (χ1n) is 6.96. The zero-order valence-electron chi connectivity index (χ0n) is 12.0. The second-order valence-corrected chi connectivity index (χ2v) is 4.99. The third-order valence-corrected chi connectivity index (χ3v) is 3.54. The molecule has 1 aliphatic rings. The Balaban J connectivity index is 2.01. The zero-order valence-corrected chi connectivity index (χ0v) is 12.0. The summed E-state index contributed by atoms with van der Waals surface area (Å²) in [5.74, 6) is -0.615. The van der Waals surface area contributed by atoms with Crippen molar-refractivity contribution >= 4 is 5.69 Å². The molecule has 1 aliphatic carbocycles. The van der Waals surface area contributed by atoms with Gasteiger partial charge in [0.25, 0.3) is 0 Å². The van der Waals surface area contributed by atoms with Gasteiger partial charge in [-0.1, -0.05) is 6.92 Å². The van der Waals surface area contributed by atoms with Gasteiger partial charge in [-0.2, -0.15) is 4.39 Å². The molecule has 0 aliphatic heterocycles. The topological polar surface area (TPSA) is 73.6 Å². The third kappa shape index (κ3) is 3.48. The Hall–Kier alpha value is -1.73. The Morgan fingerprint density at radius 2 is 2.29 bits per heavy atom. The van der Waals surface area contributed by atoms with Crippen LogP contribution in [0.1, 0.15) is 19.8 Å². The number of benzene rings is 1. The van der Waals surface area contributed by atoms with E-state index in [1.807, 2.05) is 14.0 Å². The van der Waals surface area contributed by atoms with Crippen molar-refractivity contribution in [1.82, 2.24) is 5.32 Å². The summed E-state index contributed by atoms with van der Waals surface area (Å²) < 4.78 is 24.9. The van der Waals surface area contributed by atoms with E-state index in [4.69, 9.17) is 9.47 Å². The maximum atomic E-state index is 13.6. The SMILES string of the molecule is CCCOC1C(NC)CC1Oc1ccc([N+](=O)[O-])c(F)c1. The van der Waals surface area contributed by atoms with E-state index in [0.29, 0.717) is 6.61 Å². The summed E-state index contributed by atoms with van der Waals surface area (Å²) in [6.45, 7) is 2.66. The molecule has 1 aromatic rings. The molecule has 1 N–H and O–H groups in total. The monoisotopic (exact) mass is 298 g/mol. The zero-order chi connectivity index (χ0) is 15.4. The van der Waals surface area contributed by atoms with Gasteiger partial charge in [0.1, 0.15) is 18.0 Å². The summed E-state index contributed by atoms with van der Waals surface area (Å²) in [6.07, 6.45) is 1.40. The minimum Gasteiger partial charge on any atom is -0.487 e. The lowest BCUT2D eigenvalue weighted by molar-refractivity contribution is -0.387. The highest BCUT2D eigenvalue weighted by Crippen LogP contribution is 2.31. The van der Waals surface area contributed by atoms with Crippen LogP contribution in [0.4, 0.5) is 10.1 Å². The van der Waals surface area contributed by atoms with Crippen molar-refractivity contribution in [3.8, 4) is 5.75 Å². The molecule has 7 heteroatoms. The number of nitrogens with zero attached hydrogens (tertiary/aromatic N) is 1. The fraction of sp³-hybridized carbons (Fsp3) is 0.571. The number of hydrogen-bond acceptors (Lipinski definition) is 5. The van der Waals surface area contributed by atoms with Gasteiger partial charge in [-0.15, -0.1) is 0 Å². The van der Waals surface area contributed by atoms with Gasteiger partial charge in [0.05, 0.1) is 4.92 Å². The average molecular weight is 298 g/mol. The Labute approximate surface area is 122 Å². The standard InChI is InChI=1S/C14H19FN2O4/c1-3-6-20-14-11(16-2)8-13(14)21-9-4-5-12(17(18)19)10(15)7-9/h4-5,7,11,13-14,16H,3,6,8H2,1-2H3. The van der Waals surface area contributed by atoms with Crippen LogP contribution < -0.4 is 10.1 Å². The Morgan fingerprint density at radius 3 is 2.86 bits per heavy atom. The van der Waals surface area contributed by atoms with Crippen LogP contribution in [0.3, 0.4) is 0 Å². The summed E-state index contributed by atoms with van der Waals surface area (Å²) >= 11 is 0. The maximum Gasteiger partial charge on any atom is 0.305 e. The highest BCUT2D eigenvalue weighted by molar-refractivity contribution is 5.38. The highest BCUT2D eigenvalue weighted by Gasteiger charge is 2.43. The van der Waals surface area contributed by atoms with Crippen LogP contribution in [0.25, 0.3) is 0 Å². The van der Waals surface area contributed by atoms with Crippen molar-refractivity contribution in [2.24, 2.45) is 0 Å². The number of nitro benzene ring substituents is 1. The quantitative estimate of drug-likeness (QED) is 0.617. The number of nitrogens with one attached hydrogen (secondary N) is 1. The van der Waals surface area contributed by atoms with Gasteiger partial charge in [-0.05, 0) is 19.5 Å². The fourth-order valence-corrected chi connectivity index (χ4v) is 2.34. The first kappa shape index (κ1) is 15.7.